The number of hydrogen-bond acceptors (Lipinski definition) is 5. The Morgan fingerprint density at radius 3 is 2.40 bits per heavy atom. The van der Waals surface area contributed by atoms with Crippen LogP contribution in [0, 0.1) is 10.1 Å². The normalized spacial score (nSPS) is 26.6. The lowest BCUT2D eigenvalue weighted by atomic mass is 9.96. The fraction of sp³-hybridized carbons (Fsp3) is 0.500. The molecular formula is C12H15N3O4S. The third-order valence-corrected chi connectivity index (χ3v) is 5.88. The SMILES string of the molecule is O=[N+]([O-])c1ccc(S(=O)(=O)N2CC3CCC2CN3)cc1. The van der Waals surface area contributed by atoms with Gasteiger partial charge in [-0.3, -0.25) is 10.1 Å². The lowest BCUT2D eigenvalue weighted by molar-refractivity contribution is -0.384. The Morgan fingerprint density at radius 2 is 1.95 bits per heavy atom. The fourth-order valence-corrected chi connectivity index (χ4v) is 4.54. The summed E-state index contributed by atoms with van der Waals surface area (Å²) in [5.41, 5.74) is -0.106. The van der Waals surface area contributed by atoms with Gasteiger partial charge in [-0.25, -0.2) is 8.42 Å². The Morgan fingerprint density at radius 1 is 1.25 bits per heavy atom. The molecule has 0 spiro atoms. The molecule has 1 N–H and O–H groups in total. The Kier molecular flexibility index (Phi) is 3.23. The topological polar surface area (TPSA) is 92.5 Å². The maximum Gasteiger partial charge on any atom is 0.269 e. The monoisotopic (exact) mass is 297 g/mol. The lowest BCUT2D eigenvalue weighted by Crippen LogP contribution is -2.62. The van der Waals surface area contributed by atoms with Crippen molar-refractivity contribution in [3.8, 4) is 0 Å². The fourth-order valence-electron chi connectivity index (χ4n) is 2.84. The van der Waals surface area contributed by atoms with E-state index in [0.29, 0.717) is 13.1 Å². The van der Waals surface area contributed by atoms with Crippen LogP contribution in [0.3, 0.4) is 0 Å². The van der Waals surface area contributed by atoms with Crippen molar-refractivity contribution in [2.45, 2.75) is 29.8 Å². The van der Waals surface area contributed by atoms with Crippen LogP contribution in [0.15, 0.2) is 29.2 Å². The van der Waals surface area contributed by atoms with Gasteiger partial charge >= 0.3 is 0 Å². The number of hydrogen-bond donors (Lipinski definition) is 1. The smallest absolute Gasteiger partial charge is 0.269 e. The molecule has 2 atom stereocenters. The molecule has 4 rings (SSSR count). The Bertz CT molecular complexity index is 621. The van der Waals surface area contributed by atoms with Gasteiger partial charge in [0.05, 0.1) is 9.82 Å². The van der Waals surface area contributed by atoms with Crippen LogP contribution >= 0.6 is 0 Å². The lowest BCUT2D eigenvalue weighted by Gasteiger charge is -2.44. The Labute approximate surface area is 116 Å². The summed E-state index contributed by atoms with van der Waals surface area (Å²) in [6, 6.07) is 5.28. The number of nitrogens with zero attached hydrogens (tertiary/aromatic N) is 2. The first-order chi connectivity index (χ1) is 9.48. The predicted octanol–water partition coefficient (Wildman–Crippen LogP) is 0.720. The molecule has 8 heteroatoms. The van der Waals surface area contributed by atoms with Crippen LogP contribution in [-0.4, -0.2) is 42.8 Å². The zero-order valence-corrected chi connectivity index (χ0v) is 11.5. The molecule has 0 aromatic heterocycles. The van der Waals surface area contributed by atoms with Crippen LogP contribution in [0.4, 0.5) is 5.69 Å². The average molecular weight is 297 g/mol. The number of nitro groups is 1. The number of piperidine rings is 2. The van der Waals surface area contributed by atoms with Gasteiger partial charge in [-0.15, -0.1) is 0 Å². The predicted molar refractivity (Wildman–Crippen MR) is 71.8 cm³/mol. The maximum absolute atomic E-state index is 12.6. The zero-order valence-electron chi connectivity index (χ0n) is 10.7. The Hall–Kier alpha value is -1.51. The number of non-ortho nitro benzene ring substituents is 1. The summed E-state index contributed by atoms with van der Waals surface area (Å²) in [4.78, 5) is 10.2. The highest BCUT2D eigenvalue weighted by Gasteiger charge is 2.40. The molecule has 3 aliphatic rings. The summed E-state index contributed by atoms with van der Waals surface area (Å²) < 4.78 is 26.7. The first kappa shape index (κ1) is 13.5. The minimum Gasteiger partial charge on any atom is -0.311 e. The van der Waals surface area contributed by atoms with Crippen LogP contribution in [0.2, 0.25) is 0 Å². The standard InChI is InChI=1S/C12H15N3O4S/c16-15(17)10-3-5-12(6-4-10)20(18,19)14-8-9-1-2-11(14)7-13-9/h3-6,9,11,13H,1-2,7-8H2. The van der Waals surface area contributed by atoms with Crippen molar-refractivity contribution in [2.24, 2.45) is 0 Å². The molecule has 1 aromatic carbocycles. The van der Waals surface area contributed by atoms with E-state index in [1.165, 1.54) is 28.6 Å². The van der Waals surface area contributed by atoms with Gasteiger partial charge in [0.15, 0.2) is 0 Å². The number of piperazine rings is 1. The average Bonchev–Trinajstić information content (AvgIpc) is 2.48. The molecule has 0 amide bonds. The molecule has 108 valence electrons. The van der Waals surface area contributed by atoms with E-state index in [4.69, 9.17) is 0 Å². The second-order valence-corrected chi connectivity index (χ2v) is 7.05. The van der Waals surface area contributed by atoms with Gasteiger partial charge in [0.25, 0.3) is 5.69 Å². The van der Waals surface area contributed by atoms with E-state index in [2.05, 4.69) is 5.32 Å². The van der Waals surface area contributed by atoms with Gasteiger partial charge in [-0.2, -0.15) is 4.31 Å². The molecule has 7 nitrogen and oxygen atoms in total. The highest BCUT2D eigenvalue weighted by atomic mass is 32.2. The highest BCUT2D eigenvalue weighted by molar-refractivity contribution is 7.89. The van der Waals surface area contributed by atoms with E-state index < -0.39 is 14.9 Å². The molecule has 2 bridgehead atoms. The summed E-state index contributed by atoms with van der Waals surface area (Å²) in [5, 5.41) is 13.9. The molecular weight excluding hydrogens is 282 g/mol. The quantitative estimate of drug-likeness (QED) is 0.655. The van der Waals surface area contributed by atoms with E-state index in [0.717, 1.165) is 12.8 Å². The third-order valence-electron chi connectivity index (χ3n) is 3.95. The summed E-state index contributed by atoms with van der Waals surface area (Å²) in [7, 11) is -3.56. The molecule has 1 aromatic rings. The largest absolute Gasteiger partial charge is 0.311 e. The zero-order chi connectivity index (χ0) is 14.3. The second kappa shape index (κ2) is 4.80. The van der Waals surface area contributed by atoms with Crippen molar-refractivity contribution >= 4 is 15.7 Å². The minimum atomic E-state index is -3.56. The molecule has 3 saturated heterocycles. The minimum absolute atomic E-state index is 0.0137. The number of nitro benzene ring substituents is 1. The van der Waals surface area contributed by atoms with E-state index >= 15 is 0 Å². The molecule has 20 heavy (non-hydrogen) atoms. The number of benzene rings is 1. The summed E-state index contributed by atoms with van der Waals surface area (Å²) in [6.45, 7) is 1.15. The van der Waals surface area contributed by atoms with Crippen molar-refractivity contribution in [3.63, 3.8) is 0 Å². The van der Waals surface area contributed by atoms with Crippen molar-refractivity contribution in [1.29, 1.82) is 0 Å². The van der Waals surface area contributed by atoms with Crippen molar-refractivity contribution in [1.82, 2.24) is 9.62 Å². The summed E-state index contributed by atoms with van der Waals surface area (Å²) in [5.74, 6) is 0. The highest BCUT2D eigenvalue weighted by Crippen LogP contribution is 2.29. The molecule has 3 aliphatic heterocycles. The van der Waals surface area contributed by atoms with Gasteiger partial charge < -0.3 is 5.32 Å². The number of nitrogens with one attached hydrogen (secondary N) is 1. The van der Waals surface area contributed by atoms with Crippen LogP contribution in [0.1, 0.15) is 12.8 Å². The van der Waals surface area contributed by atoms with E-state index in [-0.39, 0.29) is 22.7 Å². The molecule has 0 aliphatic carbocycles. The van der Waals surface area contributed by atoms with Crippen molar-refractivity contribution in [3.05, 3.63) is 34.4 Å². The van der Waals surface area contributed by atoms with Gasteiger partial charge in [-0.1, -0.05) is 0 Å². The number of rotatable bonds is 3. The van der Waals surface area contributed by atoms with Gasteiger partial charge in [0.1, 0.15) is 0 Å². The molecule has 2 unspecified atom stereocenters. The van der Waals surface area contributed by atoms with Gasteiger partial charge in [-0.05, 0) is 25.0 Å². The van der Waals surface area contributed by atoms with Crippen LogP contribution < -0.4 is 5.32 Å². The van der Waals surface area contributed by atoms with E-state index in [1.54, 1.807) is 0 Å². The van der Waals surface area contributed by atoms with Gasteiger partial charge in [0.2, 0.25) is 10.0 Å². The van der Waals surface area contributed by atoms with E-state index in [1.807, 2.05) is 0 Å². The van der Waals surface area contributed by atoms with Crippen LogP contribution in [0.25, 0.3) is 0 Å². The Balaban J connectivity index is 1.90. The van der Waals surface area contributed by atoms with Crippen molar-refractivity contribution in [2.75, 3.05) is 13.1 Å². The summed E-state index contributed by atoms with van der Waals surface area (Å²) in [6.07, 6.45) is 1.86. The summed E-state index contributed by atoms with van der Waals surface area (Å²) >= 11 is 0. The first-order valence-corrected chi connectivity index (χ1v) is 7.92. The molecule has 0 saturated carbocycles. The van der Waals surface area contributed by atoms with E-state index in [9.17, 15) is 18.5 Å². The number of sulfonamides is 1. The second-order valence-electron chi connectivity index (χ2n) is 5.16. The van der Waals surface area contributed by atoms with Crippen LogP contribution in [0.5, 0.6) is 0 Å². The molecule has 3 fully saturated rings. The first-order valence-electron chi connectivity index (χ1n) is 6.48. The maximum atomic E-state index is 12.6. The van der Waals surface area contributed by atoms with Crippen LogP contribution in [-0.2, 0) is 10.0 Å². The third kappa shape index (κ3) is 2.19. The van der Waals surface area contributed by atoms with Crippen molar-refractivity contribution < 1.29 is 13.3 Å². The van der Waals surface area contributed by atoms with Gasteiger partial charge in [0, 0.05) is 37.3 Å². The molecule has 0 radical (unpaired) electrons. The number of fused-ring (bicyclic) bond motifs is 3. The molecule has 3 heterocycles.